The molecule has 4 rings (SSSR count). The van der Waals surface area contributed by atoms with Crippen LogP contribution < -0.4 is 4.74 Å². The van der Waals surface area contributed by atoms with Crippen LogP contribution in [0.3, 0.4) is 0 Å². The number of morpholine rings is 1. The highest BCUT2D eigenvalue weighted by atomic mass is 16.5. The third-order valence-electron chi connectivity index (χ3n) is 5.80. The normalized spacial score (nSPS) is 13.0. The molecule has 0 atom stereocenters. The lowest BCUT2D eigenvalue weighted by Gasteiger charge is -2.21. The molecule has 2 amide bonds. The van der Waals surface area contributed by atoms with Crippen molar-refractivity contribution in [3.05, 3.63) is 65.9 Å². The van der Waals surface area contributed by atoms with Gasteiger partial charge in [0.1, 0.15) is 5.75 Å². The molecule has 3 aromatic rings. The van der Waals surface area contributed by atoms with Gasteiger partial charge in [0, 0.05) is 55.9 Å². The quantitative estimate of drug-likeness (QED) is 0.459. The predicted octanol–water partition coefficient (Wildman–Crippen LogP) is 3.56. The molecule has 2 aromatic carbocycles. The Labute approximate surface area is 214 Å². The van der Waals surface area contributed by atoms with Gasteiger partial charge in [-0.1, -0.05) is 30.3 Å². The number of carbonyl (C=O) groups is 2. The van der Waals surface area contributed by atoms with Gasteiger partial charge in [0.05, 0.1) is 20.3 Å². The molecule has 0 radical (unpaired) electrons. The van der Waals surface area contributed by atoms with Gasteiger partial charge in [-0.2, -0.15) is 0 Å². The summed E-state index contributed by atoms with van der Waals surface area (Å²) in [5, 5.41) is 1.20. The van der Waals surface area contributed by atoms with Crippen molar-refractivity contribution in [3.8, 4) is 5.75 Å². The van der Waals surface area contributed by atoms with Crippen LogP contribution in [0.25, 0.3) is 10.9 Å². The summed E-state index contributed by atoms with van der Waals surface area (Å²) in [6, 6.07) is 17.9. The van der Waals surface area contributed by atoms with E-state index in [-0.39, 0.29) is 0 Å². The van der Waals surface area contributed by atoms with E-state index in [9.17, 15) is 9.59 Å². The third-order valence-corrected chi connectivity index (χ3v) is 5.80. The number of benzene rings is 2. The van der Waals surface area contributed by atoms with Crippen LogP contribution >= 0.6 is 0 Å². The lowest BCUT2D eigenvalue weighted by molar-refractivity contribution is -0.121. The van der Waals surface area contributed by atoms with Crippen LogP contribution in [0.15, 0.2) is 54.6 Å². The largest absolute Gasteiger partial charge is 0.497 e. The summed E-state index contributed by atoms with van der Waals surface area (Å²) in [5.41, 5.74) is 3.43. The molecule has 1 fully saturated rings. The van der Waals surface area contributed by atoms with Crippen molar-refractivity contribution < 1.29 is 19.1 Å². The van der Waals surface area contributed by atoms with Crippen LogP contribution in [0.5, 0.6) is 5.75 Å². The van der Waals surface area contributed by atoms with Crippen LogP contribution in [0.4, 0.5) is 0 Å². The first kappa shape index (κ1) is 28.9. The number of nitrogens with zero attached hydrogens (tertiary/aromatic N) is 3. The van der Waals surface area contributed by atoms with Crippen molar-refractivity contribution in [1.82, 2.24) is 19.7 Å². The lowest BCUT2D eigenvalue weighted by Crippen LogP contribution is -2.33. The second-order valence-corrected chi connectivity index (χ2v) is 8.62. The minimum Gasteiger partial charge on any atom is -0.497 e. The van der Waals surface area contributed by atoms with E-state index >= 15 is 0 Å². The second kappa shape index (κ2) is 16.3. The van der Waals surface area contributed by atoms with Gasteiger partial charge in [-0.05, 0) is 50.7 Å². The Hall–Kier alpha value is -3.36. The van der Waals surface area contributed by atoms with E-state index in [1.54, 1.807) is 16.9 Å². The maximum Gasteiger partial charge on any atom is 0.210 e. The van der Waals surface area contributed by atoms with Crippen molar-refractivity contribution in [1.29, 1.82) is 0 Å². The number of methoxy groups -OCH3 is 1. The van der Waals surface area contributed by atoms with Gasteiger partial charge in [0.2, 0.25) is 12.8 Å². The number of hydrogen-bond donors (Lipinski definition) is 1. The molecule has 1 aliphatic rings. The molecular weight excluding hydrogens is 456 g/mol. The summed E-state index contributed by atoms with van der Waals surface area (Å²) in [7, 11) is 3.79. The number of aromatic nitrogens is 1. The zero-order chi connectivity index (χ0) is 26.2. The van der Waals surface area contributed by atoms with Crippen molar-refractivity contribution in [2.24, 2.45) is 0 Å². The van der Waals surface area contributed by atoms with Gasteiger partial charge >= 0.3 is 0 Å². The fraction of sp³-hybridized carbons (Fsp3) is 0.429. The number of nitrogens with one attached hydrogen (secondary N) is 1. The van der Waals surface area contributed by atoms with Gasteiger partial charge in [0.15, 0.2) is 0 Å². The molecule has 8 heteroatoms. The molecule has 1 saturated heterocycles. The number of ether oxygens (including phenoxy) is 2. The molecule has 8 nitrogen and oxygen atoms in total. The summed E-state index contributed by atoms with van der Waals surface area (Å²) in [4.78, 5) is 30.4. The molecule has 1 N–H and O–H groups in total. The van der Waals surface area contributed by atoms with E-state index < -0.39 is 0 Å². The number of hydrogen-bond acceptors (Lipinski definition) is 5. The van der Waals surface area contributed by atoms with E-state index in [1.807, 2.05) is 62.4 Å². The fourth-order valence-corrected chi connectivity index (χ4v) is 3.57. The Morgan fingerprint density at radius 3 is 2.22 bits per heavy atom. The first-order chi connectivity index (χ1) is 17.5. The summed E-state index contributed by atoms with van der Waals surface area (Å²) in [6.07, 6.45) is 1.64. The number of aromatic amines is 1. The van der Waals surface area contributed by atoms with Crippen molar-refractivity contribution in [3.63, 3.8) is 0 Å². The van der Waals surface area contributed by atoms with Crippen LogP contribution in [-0.2, 0) is 20.9 Å². The van der Waals surface area contributed by atoms with Gasteiger partial charge in [-0.25, -0.2) is 0 Å². The summed E-state index contributed by atoms with van der Waals surface area (Å²) in [5.74, 6) is 0.904. The Kier molecular flexibility index (Phi) is 13.1. The molecule has 0 unspecified atom stereocenters. The molecule has 36 heavy (non-hydrogen) atoms. The monoisotopic (exact) mass is 496 g/mol. The van der Waals surface area contributed by atoms with Gasteiger partial charge in [0.25, 0.3) is 0 Å². The Morgan fingerprint density at radius 2 is 1.67 bits per heavy atom. The number of rotatable bonds is 9. The fourth-order valence-electron chi connectivity index (χ4n) is 3.57. The van der Waals surface area contributed by atoms with E-state index in [0.29, 0.717) is 26.2 Å². The van der Waals surface area contributed by atoms with Gasteiger partial charge in [-0.15, -0.1) is 0 Å². The topological polar surface area (TPSA) is 78.1 Å². The number of carbonyl (C=O) groups excluding carboxylic acids is 2. The Balaban J connectivity index is 0.000000207. The molecule has 1 aliphatic heterocycles. The van der Waals surface area contributed by atoms with Crippen LogP contribution in [0.1, 0.15) is 18.2 Å². The highest BCUT2D eigenvalue weighted by molar-refractivity contribution is 5.81. The van der Waals surface area contributed by atoms with Crippen LogP contribution in [0, 0.1) is 6.92 Å². The molecule has 0 spiro atoms. The highest BCUT2D eigenvalue weighted by Crippen LogP contribution is 2.20. The van der Waals surface area contributed by atoms with Crippen molar-refractivity contribution in [2.45, 2.75) is 20.4 Å². The van der Waals surface area contributed by atoms with E-state index in [4.69, 9.17) is 9.47 Å². The standard InChI is InChI=1S/C13H18N2O2.C10H11NO.C5H11NO/c1-2-14(11-16)8-9-15(12-17)10-13-6-4-3-5-7-13;1-7-5-8-6-9(12-2)3-4-10(8)11-7;1-6-2-4-7-5-3-6/h3-7,11-12H,2,8-10H2,1H3;3-6,11H,1-2H3;2-5H2,1H3. The number of likely N-dealkylation sites (N-methyl/N-ethyl adjacent to an activating group) is 2. The Bertz CT molecular complexity index is 1020. The van der Waals surface area contributed by atoms with E-state index in [0.717, 1.165) is 56.0 Å². The zero-order valence-electron chi connectivity index (χ0n) is 22.0. The number of aryl methyl sites for hydroxylation is 1. The summed E-state index contributed by atoms with van der Waals surface area (Å²) in [6.45, 7) is 10.4. The number of fused-ring (bicyclic) bond motifs is 1. The second-order valence-electron chi connectivity index (χ2n) is 8.62. The number of amides is 2. The summed E-state index contributed by atoms with van der Waals surface area (Å²) >= 11 is 0. The first-order valence-electron chi connectivity index (χ1n) is 12.3. The minimum atomic E-state index is 0.560. The maximum atomic E-state index is 10.9. The SMILES string of the molecule is CCN(C=O)CCN(C=O)Cc1ccccc1.CN1CCOCC1.COc1ccc2[nH]c(C)cc2c1. The van der Waals surface area contributed by atoms with E-state index in [1.165, 1.54) is 11.1 Å². The van der Waals surface area contributed by atoms with Crippen molar-refractivity contribution >= 4 is 23.7 Å². The smallest absolute Gasteiger partial charge is 0.210 e. The van der Waals surface area contributed by atoms with Gasteiger partial charge < -0.3 is 29.2 Å². The highest BCUT2D eigenvalue weighted by Gasteiger charge is 2.05. The number of H-pyrrole nitrogens is 1. The molecular formula is C28H40N4O4. The first-order valence-corrected chi connectivity index (χ1v) is 12.3. The molecule has 196 valence electrons. The van der Waals surface area contributed by atoms with Crippen LogP contribution in [-0.4, -0.2) is 92.6 Å². The Morgan fingerprint density at radius 1 is 1.00 bits per heavy atom. The maximum absolute atomic E-state index is 10.9. The summed E-state index contributed by atoms with van der Waals surface area (Å²) < 4.78 is 10.2. The predicted molar refractivity (Wildman–Crippen MR) is 144 cm³/mol. The molecule has 1 aromatic heterocycles. The van der Waals surface area contributed by atoms with Crippen molar-refractivity contribution in [2.75, 3.05) is 60.1 Å². The molecule has 2 heterocycles. The average Bonchev–Trinajstić information content (AvgIpc) is 3.29. The average molecular weight is 497 g/mol. The third kappa shape index (κ3) is 10.5. The minimum absolute atomic E-state index is 0.560. The van der Waals surface area contributed by atoms with E-state index in [2.05, 4.69) is 23.0 Å². The van der Waals surface area contributed by atoms with Gasteiger partial charge in [-0.3, -0.25) is 9.59 Å². The van der Waals surface area contributed by atoms with Crippen LogP contribution in [0.2, 0.25) is 0 Å². The molecule has 0 aliphatic carbocycles. The molecule has 0 bridgehead atoms. The molecule has 0 saturated carbocycles. The zero-order valence-corrected chi connectivity index (χ0v) is 22.0. The lowest BCUT2D eigenvalue weighted by atomic mass is 10.2.